The van der Waals surface area contributed by atoms with Crippen LogP contribution in [0.3, 0.4) is 0 Å². The van der Waals surface area contributed by atoms with E-state index in [-0.39, 0.29) is 29.3 Å². The van der Waals surface area contributed by atoms with Gasteiger partial charge < -0.3 is 10.1 Å². The third-order valence-electron chi connectivity index (χ3n) is 3.65. The van der Waals surface area contributed by atoms with Crippen molar-refractivity contribution in [1.82, 2.24) is 4.72 Å². The summed E-state index contributed by atoms with van der Waals surface area (Å²) in [7, 11) is -3.76. The number of rotatable bonds is 8. The maximum Gasteiger partial charge on any atom is 0.387 e. The molecule has 0 saturated heterocycles. The fourth-order valence-electron chi connectivity index (χ4n) is 2.35. The van der Waals surface area contributed by atoms with Gasteiger partial charge >= 0.3 is 6.61 Å². The number of aryl methyl sites for hydroxylation is 2. The first-order valence-electron chi connectivity index (χ1n) is 8.09. The summed E-state index contributed by atoms with van der Waals surface area (Å²) < 4.78 is 56.2. The third kappa shape index (κ3) is 6.00. The number of hydrogen-bond acceptors (Lipinski definition) is 4. The fraction of sp³-hybridized carbons (Fsp3) is 0.278. The average Bonchev–Trinajstić information content (AvgIpc) is 2.58. The van der Waals surface area contributed by atoms with Gasteiger partial charge in [-0.3, -0.25) is 4.79 Å². The predicted molar refractivity (Wildman–Crippen MR) is 97.4 cm³/mol. The Labute approximate surface area is 156 Å². The summed E-state index contributed by atoms with van der Waals surface area (Å²) in [5.74, 6) is -0.708. The van der Waals surface area contributed by atoms with E-state index in [9.17, 15) is 22.0 Å². The quantitative estimate of drug-likeness (QED) is 0.715. The summed E-state index contributed by atoms with van der Waals surface area (Å²) >= 11 is 0. The Morgan fingerprint density at radius 3 is 2.56 bits per heavy atom. The molecule has 1 amide bonds. The number of carbonyl (C=O) groups excluding carboxylic acids is 1. The van der Waals surface area contributed by atoms with E-state index in [1.165, 1.54) is 18.2 Å². The topological polar surface area (TPSA) is 84.5 Å². The Hall–Kier alpha value is -2.52. The van der Waals surface area contributed by atoms with Crippen LogP contribution in [0, 0.1) is 13.8 Å². The second-order valence-corrected chi connectivity index (χ2v) is 7.57. The second kappa shape index (κ2) is 8.92. The summed E-state index contributed by atoms with van der Waals surface area (Å²) in [6, 6.07) is 10.8. The van der Waals surface area contributed by atoms with Crippen LogP contribution < -0.4 is 14.8 Å². The van der Waals surface area contributed by atoms with Gasteiger partial charge in [-0.2, -0.15) is 8.78 Å². The molecule has 2 N–H and O–H groups in total. The fourth-order valence-corrected chi connectivity index (χ4v) is 3.71. The monoisotopic (exact) mass is 398 g/mol. The van der Waals surface area contributed by atoms with Crippen molar-refractivity contribution < 1.29 is 26.7 Å². The van der Waals surface area contributed by atoms with Crippen LogP contribution in [0.25, 0.3) is 0 Å². The lowest BCUT2D eigenvalue weighted by Gasteiger charge is -2.12. The highest BCUT2D eigenvalue weighted by Crippen LogP contribution is 2.25. The molecule has 0 radical (unpaired) electrons. The Morgan fingerprint density at radius 2 is 1.85 bits per heavy atom. The molecule has 0 bridgehead atoms. The van der Waals surface area contributed by atoms with Crippen LogP contribution in [-0.2, 0) is 14.8 Å². The van der Waals surface area contributed by atoms with Crippen LogP contribution >= 0.6 is 0 Å². The molecule has 146 valence electrons. The molecule has 0 saturated carbocycles. The van der Waals surface area contributed by atoms with Gasteiger partial charge in [0.2, 0.25) is 15.9 Å². The normalized spacial score (nSPS) is 11.4. The number of benzene rings is 2. The molecule has 0 aliphatic heterocycles. The highest BCUT2D eigenvalue weighted by atomic mass is 32.2. The molecule has 0 heterocycles. The standard InChI is InChI=1S/C18H20F2N2O4S/c1-12-7-8-13(2)16(11-12)27(24,25)21-10-9-17(23)22-14-5-3-4-6-15(14)26-18(19)20/h3-8,11,18,21H,9-10H2,1-2H3,(H,22,23). The van der Waals surface area contributed by atoms with Crippen molar-refractivity contribution in [3.63, 3.8) is 0 Å². The zero-order valence-electron chi connectivity index (χ0n) is 14.8. The van der Waals surface area contributed by atoms with E-state index in [1.807, 2.05) is 0 Å². The minimum Gasteiger partial charge on any atom is -0.433 e. The van der Waals surface area contributed by atoms with Gasteiger partial charge in [0.15, 0.2) is 0 Å². The van der Waals surface area contributed by atoms with Gasteiger partial charge in [0.1, 0.15) is 5.75 Å². The van der Waals surface area contributed by atoms with Gasteiger partial charge in [0.25, 0.3) is 0 Å². The first-order chi connectivity index (χ1) is 12.7. The van der Waals surface area contributed by atoms with Gasteiger partial charge in [0.05, 0.1) is 10.6 Å². The summed E-state index contributed by atoms with van der Waals surface area (Å²) in [5.41, 5.74) is 1.48. The molecule has 2 aromatic carbocycles. The molecule has 0 unspecified atom stereocenters. The van der Waals surface area contributed by atoms with E-state index in [0.717, 1.165) is 5.56 Å². The molecule has 0 spiro atoms. The van der Waals surface area contributed by atoms with E-state index in [1.54, 1.807) is 38.1 Å². The molecular formula is C18H20F2N2O4S. The molecule has 9 heteroatoms. The Balaban J connectivity index is 1.96. The SMILES string of the molecule is Cc1ccc(C)c(S(=O)(=O)NCCC(=O)Nc2ccccc2OC(F)F)c1. The van der Waals surface area contributed by atoms with Crippen molar-refractivity contribution in [2.75, 3.05) is 11.9 Å². The predicted octanol–water partition coefficient (Wildman–Crippen LogP) is 3.21. The summed E-state index contributed by atoms with van der Waals surface area (Å²) in [4.78, 5) is 12.2. The molecule has 6 nitrogen and oxygen atoms in total. The zero-order valence-corrected chi connectivity index (χ0v) is 15.6. The van der Waals surface area contributed by atoms with Gasteiger partial charge in [-0.05, 0) is 43.2 Å². The lowest BCUT2D eigenvalue weighted by molar-refractivity contribution is -0.116. The molecule has 0 atom stereocenters. The number of hydrogen-bond donors (Lipinski definition) is 2. The number of amides is 1. The molecule has 2 aromatic rings. The smallest absolute Gasteiger partial charge is 0.387 e. The number of nitrogens with one attached hydrogen (secondary N) is 2. The van der Waals surface area contributed by atoms with Gasteiger partial charge in [-0.15, -0.1) is 0 Å². The molecule has 0 aliphatic carbocycles. The lowest BCUT2D eigenvalue weighted by Crippen LogP contribution is -2.28. The van der Waals surface area contributed by atoms with E-state index in [4.69, 9.17) is 0 Å². The number of anilines is 1. The zero-order chi connectivity index (χ0) is 20.0. The number of para-hydroxylation sites is 2. The minimum atomic E-state index is -3.76. The first kappa shape index (κ1) is 20.8. The molecule has 0 aliphatic rings. The van der Waals surface area contributed by atoms with Crippen molar-refractivity contribution in [2.24, 2.45) is 0 Å². The van der Waals surface area contributed by atoms with Crippen molar-refractivity contribution >= 4 is 21.6 Å². The molecule has 27 heavy (non-hydrogen) atoms. The molecule has 2 rings (SSSR count). The molecule has 0 aromatic heterocycles. The average molecular weight is 398 g/mol. The summed E-state index contributed by atoms with van der Waals surface area (Å²) in [6.45, 7) is 0.303. The van der Waals surface area contributed by atoms with Crippen molar-refractivity contribution in [2.45, 2.75) is 31.8 Å². The summed E-state index contributed by atoms with van der Waals surface area (Å²) in [6.07, 6.45) is -0.174. The van der Waals surface area contributed by atoms with Crippen LogP contribution in [0.15, 0.2) is 47.4 Å². The van der Waals surface area contributed by atoms with Crippen molar-refractivity contribution in [3.8, 4) is 5.75 Å². The summed E-state index contributed by atoms with van der Waals surface area (Å²) in [5, 5.41) is 2.43. The number of ether oxygens (including phenoxy) is 1. The molecular weight excluding hydrogens is 378 g/mol. The van der Waals surface area contributed by atoms with Gasteiger partial charge in [-0.1, -0.05) is 24.3 Å². The second-order valence-electron chi connectivity index (χ2n) is 5.84. The Morgan fingerprint density at radius 1 is 1.15 bits per heavy atom. The van der Waals surface area contributed by atoms with Crippen LogP contribution in [0.2, 0.25) is 0 Å². The lowest BCUT2D eigenvalue weighted by atomic mass is 10.2. The first-order valence-corrected chi connectivity index (χ1v) is 9.58. The van der Waals surface area contributed by atoms with Crippen LogP contribution in [0.1, 0.15) is 17.5 Å². The van der Waals surface area contributed by atoms with Crippen LogP contribution in [0.5, 0.6) is 5.75 Å². The van der Waals surface area contributed by atoms with Crippen LogP contribution in [-0.4, -0.2) is 27.5 Å². The number of alkyl halides is 2. The van der Waals surface area contributed by atoms with Gasteiger partial charge in [0, 0.05) is 13.0 Å². The largest absolute Gasteiger partial charge is 0.433 e. The van der Waals surface area contributed by atoms with Crippen LogP contribution in [0.4, 0.5) is 14.5 Å². The number of sulfonamides is 1. The van der Waals surface area contributed by atoms with E-state index < -0.39 is 22.5 Å². The Bertz CT molecular complexity index is 917. The maximum atomic E-state index is 12.4. The van der Waals surface area contributed by atoms with Crippen molar-refractivity contribution in [1.29, 1.82) is 0 Å². The van der Waals surface area contributed by atoms with Crippen molar-refractivity contribution in [3.05, 3.63) is 53.6 Å². The number of halogens is 2. The minimum absolute atomic E-state index is 0.0835. The Kier molecular flexibility index (Phi) is 6.86. The number of carbonyl (C=O) groups is 1. The molecule has 0 fully saturated rings. The van der Waals surface area contributed by atoms with E-state index in [2.05, 4.69) is 14.8 Å². The highest BCUT2D eigenvalue weighted by Gasteiger charge is 2.17. The highest BCUT2D eigenvalue weighted by molar-refractivity contribution is 7.89. The third-order valence-corrected chi connectivity index (χ3v) is 5.26. The van der Waals surface area contributed by atoms with Gasteiger partial charge in [-0.25, -0.2) is 13.1 Å². The maximum absolute atomic E-state index is 12.4. The van der Waals surface area contributed by atoms with E-state index >= 15 is 0 Å². The van der Waals surface area contributed by atoms with E-state index in [0.29, 0.717) is 5.56 Å².